The van der Waals surface area contributed by atoms with Crippen LogP contribution in [0.4, 0.5) is 0 Å². The molecule has 0 fully saturated rings. The van der Waals surface area contributed by atoms with Gasteiger partial charge in [-0.2, -0.15) is 0 Å². The molecule has 124 valence electrons. The van der Waals surface area contributed by atoms with E-state index in [1.165, 1.54) is 0 Å². The predicted molar refractivity (Wildman–Crippen MR) is 89.4 cm³/mol. The SMILES string of the molecule is COc1cc(OC)cc(Oc2ccc(CN[C@H](C)CO)cc2)c1. The molecule has 0 saturated carbocycles. The van der Waals surface area contributed by atoms with Crippen LogP contribution in [-0.2, 0) is 6.54 Å². The minimum atomic E-state index is 0.0789. The van der Waals surface area contributed by atoms with E-state index in [9.17, 15) is 0 Å². The van der Waals surface area contributed by atoms with Gasteiger partial charge in [0.25, 0.3) is 0 Å². The quantitative estimate of drug-likeness (QED) is 0.784. The van der Waals surface area contributed by atoms with Gasteiger partial charge in [0.1, 0.15) is 23.0 Å². The second-order valence-corrected chi connectivity index (χ2v) is 5.26. The Morgan fingerprint density at radius 2 is 1.48 bits per heavy atom. The zero-order valence-electron chi connectivity index (χ0n) is 13.7. The second-order valence-electron chi connectivity index (χ2n) is 5.26. The largest absolute Gasteiger partial charge is 0.496 e. The van der Waals surface area contributed by atoms with Crippen molar-refractivity contribution in [2.45, 2.75) is 19.5 Å². The molecule has 0 heterocycles. The van der Waals surface area contributed by atoms with Gasteiger partial charge in [0.05, 0.1) is 20.8 Å². The van der Waals surface area contributed by atoms with Crippen molar-refractivity contribution in [1.29, 1.82) is 0 Å². The molecule has 0 aliphatic rings. The highest BCUT2D eigenvalue weighted by Gasteiger charge is 2.05. The number of hydrogen-bond donors (Lipinski definition) is 2. The van der Waals surface area contributed by atoms with E-state index in [0.29, 0.717) is 23.8 Å². The molecule has 0 saturated heterocycles. The third kappa shape index (κ3) is 5.16. The average Bonchev–Trinajstić information content (AvgIpc) is 2.60. The Kier molecular flexibility index (Phi) is 6.26. The van der Waals surface area contributed by atoms with Crippen molar-refractivity contribution in [2.75, 3.05) is 20.8 Å². The number of benzene rings is 2. The first-order valence-electron chi connectivity index (χ1n) is 7.48. The van der Waals surface area contributed by atoms with Gasteiger partial charge in [-0.25, -0.2) is 0 Å². The third-order valence-corrected chi connectivity index (χ3v) is 3.41. The minimum absolute atomic E-state index is 0.0789. The fourth-order valence-electron chi connectivity index (χ4n) is 2.01. The molecule has 0 aliphatic carbocycles. The summed E-state index contributed by atoms with van der Waals surface area (Å²) in [6.45, 7) is 2.77. The lowest BCUT2D eigenvalue weighted by Crippen LogP contribution is -2.28. The van der Waals surface area contributed by atoms with E-state index in [0.717, 1.165) is 11.3 Å². The second kappa shape index (κ2) is 8.41. The van der Waals surface area contributed by atoms with Crippen LogP contribution in [0.15, 0.2) is 42.5 Å². The number of ether oxygens (including phenoxy) is 3. The van der Waals surface area contributed by atoms with Gasteiger partial charge in [0.2, 0.25) is 0 Å². The summed E-state index contributed by atoms with van der Waals surface area (Å²) in [6.07, 6.45) is 0. The van der Waals surface area contributed by atoms with E-state index in [-0.39, 0.29) is 12.6 Å². The number of methoxy groups -OCH3 is 2. The van der Waals surface area contributed by atoms with Crippen molar-refractivity contribution in [3.63, 3.8) is 0 Å². The third-order valence-electron chi connectivity index (χ3n) is 3.41. The van der Waals surface area contributed by atoms with Crippen molar-refractivity contribution in [2.24, 2.45) is 0 Å². The smallest absolute Gasteiger partial charge is 0.134 e. The van der Waals surface area contributed by atoms with Crippen LogP contribution in [0, 0.1) is 0 Å². The van der Waals surface area contributed by atoms with Gasteiger partial charge in [-0.05, 0) is 24.6 Å². The number of rotatable bonds is 8. The van der Waals surface area contributed by atoms with E-state index in [4.69, 9.17) is 19.3 Å². The maximum absolute atomic E-state index is 9.00. The molecule has 0 bridgehead atoms. The summed E-state index contributed by atoms with van der Waals surface area (Å²) in [5.74, 6) is 2.75. The summed E-state index contributed by atoms with van der Waals surface area (Å²) in [5.41, 5.74) is 1.13. The van der Waals surface area contributed by atoms with Crippen LogP contribution in [0.25, 0.3) is 0 Å². The first-order chi connectivity index (χ1) is 11.1. The summed E-state index contributed by atoms with van der Waals surface area (Å²) in [5, 5.41) is 12.2. The molecular weight excluding hydrogens is 294 g/mol. The molecule has 5 heteroatoms. The fourth-order valence-corrected chi connectivity index (χ4v) is 2.01. The zero-order chi connectivity index (χ0) is 16.7. The summed E-state index contributed by atoms with van der Waals surface area (Å²) in [4.78, 5) is 0. The molecule has 5 nitrogen and oxygen atoms in total. The Bertz CT molecular complexity index is 591. The zero-order valence-corrected chi connectivity index (χ0v) is 13.7. The van der Waals surface area contributed by atoms with Gasteiger partial charge in [-0.15, -0.1) is 0 Å². The summed E-state index contributed by atoms with van der Waals surface area (Å²) < 4.78 is 16.3. The van der Waals surface area contributed by atoms with Crippen LogP contribution < -0.4 is 19.5 Å². The lowest BCUT2D eigenvalue weighted by atomic mass is 10.2. The van der Waals surface area contributed by atoms with Gasteiger partial charge in [0.15, 0.2) is 0 Å². The molecule has 2 aromatic carbocycles. The highest BCUT2D eigenvalue weighted by atomic mass is 16.5. The Balaban J connectivity index is 2.03. The molecule has 2 rings (SSSR count). The Hall–Kier alpha value is -2.24. The van der Waals surface area contributed by atoms with Crippen LogP contribution in [0.1, 0.15) is 12.5 Å². The molecule has 1 atom stereocenters. The number of nitrogens with one attached hydrogen (secondary N) is 1. The highest BCUT2D eigenvalue weighted by Crippen LogP contribution is 2.30. The topological polar surface area (TPSA) is 60.0 Å². The Labute approximate surface area is 136 Å². The van der Waals surface area contributed by atoms with Crippen LogP contribution in [-0.4, -0.2) is 32.0 Å². The normalized spacial score (nSPS) is 11.8. The summed E-state index contributed by atoms with van der Waals surface area (Å²) in [7, 11) is 3.21. The van der Waals surface area contributed by atoms with Crippen molar-refractivity contribution < 1.29 is 19.3 Å². The van der Waals surface area contributed by atoms with E-state index in [1.807, 2.05) is 31.2 Å². The lowest BCUT2D eigenvalue weighted by Gasteiger charge is -2.12. The van der Waals surface area contributed by atoms with E-state index < -0.39 is 0 Å². The van der Waals surface area contributed by atoms with Gasteiger partial charge in [-0.3, -0.25) is 0 Å². The number of aliphatic hydroxyl groups is 1. The average molecular weight is 317 g/mol. The molecule has 0 aliphatic heterocycles. The first kappa shape index (κ1) is 17.1. The molecule has 0 unspecified atom stereocenters. The van der Waals surface area contributed by atoms with E-state index in [2.05, 4.69) is 5.32 Å². The van der Waals surface area contributed by atoms with Crippen molar-refractivity contribution >= 4 is 0 Å². The molecule has 2 N–H and O–H groups in total. The van der Waals surface area contributed by atoms with Crippen LogP contribution in [0.3, 0.4) is 0 Å². The van der Waals surface area contributed by atoms with Crippen LogP contribution in [0.5, 0.6) is 23.0 Å². The maximum Gasteiger partial charge on any atom is 0.134 e. The lowest BCUT2D eigenvalue weighted by molar-refractivity contribution is 0.251. The van der Waals surface area contributed by atoms with E-state index in [1.54, 1.807) is 32.4 Å². The minimum Gasteiger partial charge on any atom is -0.496 e. The molecule has 0 aromatic heterocycles. The number of hydrogen-bond acceptors (Lipinski definition) is 5. The predicted octanol–water partition coefficient (Wildman–Crippen LogP) is 2.97. The van der Waals surface area contributed by atoms with Crippen molar-refractivity contribution in [1.82, 2.24) is 5.32 Å². The summed E-state index contributed by atoms with van der Waals surface area (Å²) >= 11 is 0. The standard InChI is InChI=1S/C18H23NO4/c1-13(12-20)19-11-14-4-6-15(7-5-14)23-18-9-16(21-2)8-17(10-18)22-3/h4-10,13,19-20H,11-12H2,1-3H3/t13-/m1/s1. The van der Waals surface area contributed by atoms with Crippen molar-refractivity contribution in [3.05, 3.63) is 48.0 Å². The van der Waals surface area contributed by atoms with Gasteiger partial charge in [0, 0.05) is 30.8 Å². The molecule has 0 spiro atoms. The van der Waals surface area contributed by atoms with Crippen molar-refractivity contribution in [3.8, 4) is 23.0 Å². The van der Waals surface area contributed by atoms with Gasteiger partial charge < -0.3 is 24.6 Å². The van der Waals surface area contributed by atoms with Crippen LogP contribution >= 0.6 is 0 Å². The molecule has 0 amide bonds. The van der Waals surface area contributed by atoms with E-state index >= 15 is 0 Å². The number of aliphatic hydroxyl groups excluding tert-OH is 1. The highest BCUT2D eigenvalue weighted by molar-refractivity contribution is 5.44. The molecular formula is C18H23NO4. The fraction of sp³-hybridized carbons (Fsp3) is 0.333. The summed E-state index contributed by atoms with van der Waals surface area (Å²) in [6, 6.07) is 13.3. The van der Waals surface area contributed by atoms with Crippen LogP contribution in [0.2, 0.25) is 0 Å². The molecule has 2 aromatic rings. The Morgan fingerprint density at radius 3 is 2.00 bits per heavy atom. The van der Waals surface area contributed by atoms with Gasteiger partial charge >= 0.3 is 0 Å². The molecule has 0 radical (unpaired) electrons. The van der Waals surface area contributed by atoms with Gasteiger partial charge in [-0.1, -0.05) is 12.1 Å². The first-order valence-corrected chi connectivity index (χ1v) is 7.48. The molecule has 23 heavy (non-hydrogen) atoms. The monoisotopic (exact) mass is 317 g/mol. The maximum atomic E-state index is 9.00. The Morgan fingerprint density at radius 1 is 0.913 bits per heavy atom.